The van der Waals surface area contributed by atoms with Crippen LogP contribution in [0.25, 0.3) is 10.6 Å². The molecule has 3 heterocycles. The van der Waals surface area contributed by atoms with Gasteiger partial charge in [0.2, 0.25) is 0 Å². The Labute approximate surface area is 140 Å². The summed E-state index contributed by atoms with van der Waals surface area (Å²) < 4.78 is 0. The molecule has 1 N–H and O–H groups in total. The van der Waals surface area contributed by atoms with Gasteiger partial charge in [0.25, 0.3) is 0 Å². The van der Waals surface area contributed by atoms with Crippen molar-refractivity contribution in [3.63, 3.8) is 0 Å². The van der Waals surface area contributed by atoms with Crippen molar-refractivity contribution < 1.29 is 5.11 Å². The van der Waals surface area contributed by atoms with Gasteiger partial charge in [-0.1, -0.05) is 6.92 Å². The Hall–Kier alpha value is -0.790. The third-order valence-corrected chi connectivity index (χ3v) is 6.02. The van der Waals surface area contributed by atoms with Gasteiger partial charge in [-0.15, -0.1) is 11.3 Å². The lowest BCUT2D eigenvalue weighted by Crippen LogP contribution is -2.50. The highest BCUT2D eigenvalue weighted by atomic mass is 32.1. The average molecular weight is 338 g/mol. The van der Waals surface area contributed by atoms with Gasteiger partial charge in [0.1, 0.15) is 5.01 Å². The molecule has 0 saturated carbocycles. The highest BCUT2D eigenvalue weighted by Crippen LogP contribution is 2.27. The SMILES string of the molecule is CCC(CO)N1CCN(Cc2cnc(-c3ccsc3)s2)CC1. The third kappa shape index (κ3) is 3.75. The van der Waals surface area contributed by atoms with Crippen molar-refractivity contribution in [2.24, 2.45) is 0 Å². The maximum atomic E-state index is 9.41. The Morgan fingerprint density at radius 2 is 2.14 bits per heavy atom. The fourth-order valence-electron chi connectivity index (χ4n) is 2.91. The molecular formula is C16H23N3OS2. The van der Waals surface area contributed by atoms with Gasteiger partial charge >= 0.3 is 0 Å². The van der Waals surface area contributed by atoms with E-state index in [1.165, 1.54) is 10.4 Å². The molecule has 2 aromatic rings. The molecule has 6 heteroatoms. The molecule has 0 radical (unpaired) electrons. The van der Waals surface area contributed by atoms with Gasteiger partial charge in [-0.25, -0.2) is 4.98 Å². The summed E-state index contributed by atoms with van der Waals surface area (Å²) in [7, 11) is 0. The second kappa shape index (κ2) is 7.66. The van der Waals surface area contributed by atoms with Crippen LogP contribution in [0.2, 0.25) is 0 Å². The zero-order chi connectivity index (χ0) is 15.4. The largest absolute Gasteiger partial charge is 0.395 e. The van der Waals surface area contributed by atoms with Crippen LogP contribution in [-0.2, 0) is 6.54 Å². The highest BCUT2D eigenvalue weighted by Gasteiger charge is 2.22. The van der Waals surface area contributed by atoms with Crippen molar-refractivity contribution in [3.05, 3.63) is 27.9 Å². The van der Waals surface area contributed by atoms with Crippen LogP contribution < -0.4 is 0 Å². The lowest BCUT2D eigenvalue weighted by Gasteiger charge is -2.38. The number of aliphatic hydroxyl groups excluding tert-OH is 1. The molecule has 3 rings (SSSR count). The van der Waals surface area contributed by atoms with E-state index in [1.807, 2.05) is 6.20 Å². The van der Waals surface area contributed by atoms with Crippen molar-refractivity contribution in [3.8, 4) is 10.6 Å². The molecule has 1 atom stereocenters. The number of thiazole rings is 1. The highest BCUT2D eigenvalue weighted by molar-refractivity contribution is 7.15. The summed E-state index contributed by atoms with van der Waals surface area (Å²) in [6, 6.07) is 2.46. The minimum atomic E-state index is 0.273. The van der Waals surface area contributed by atoms with Crippen LogP contribution in [0, 0.1) is 0 Å². The van der Waals surface area contributed by atoms with Crippen LogP contribution in [-0.4, -0.2) is 58.7 Å². The first-order chi connectivity index (χ1) is 10.8. The van der Waals surface area contributed by atoms with Crippen LogP contribution in [0.15, 0.2) is 23.0 Å². The normalized spacial score (nSPS) is 18.6. The van der Waals surface area contributed by atoms with Gasteiger partial charge in [-0.2, -0.15) is 11.3 Å². The lowest BCUT2D eigenvalue weighted by molar-refractivity contribution is 0.0612. The van der Waals surface area contributed by atoms with Crippen LogP contribution in [0.4, 0.5) is 0 Å². The summed E-state index contributed by atoms with van der Waals surface area (Å²) in [5.41, 5.74) is 1.24. The molecule has 1 aliphatic heterocycles. The summed E-state index contributed by atoms with van der Waals surface area (Å²) in [4.78, 5) is 10.8. The van der Waals surface area contributed by atoms with E-state index in [4.69, 9.17) is 0 Å². The first-order valence-electron chi connectivity index (χ1n) is 7.84. The van der Waals surface area contributed by atoms with E-state index in [9.17, 15) is 5.11 Å². The average Bonchev–Trinajstić information content (AvgIpc) is 3.21. The van der Waals surface area contributed by atoms with E-state index in [0.717, 1.165) is 44.2 Å². The number of rotatable bonds is 6. The van der Waals surface area contributed by atoms with E-state index in [-0.39, 0.29) is 6.61 Å². The maximum absolute atomic E-state index is 9.41. The molecule has 0 bridgehead atoms. The molecular weight excluding hydrogens is 314 g/mol. The molecule has 0 amide bonds. The van der Waals surface area contributed by atoms with Crippen LogP contribution in [0.3, 0.4) is 0 Å². The molecule has 0 aromatic carbocycles. The van der Waals surface area contributed by atoms with Gasteiger partial charge in [-0.3, -0.25) is 9.80 Å². The standard InChI is InChI=1S/C16H23N3OS2/c1-2-14(11-20)19-6-4-18(5-7-19)10-15-9-17-16(22-15)13-3-8-21-12-13/h3,8-9,12,14,20H,2,4-7,10-11H2,1H3. The number of nitrogens with zero attached hydrogens (tertiary/aromatic N) is 3. The second-order valence-corrected chi connectivity index (χ2v) is 7.60. The quantitative estimate of drug-likeness (QED) is 0.880. The smallest absolute Gasteiger partial charge is 0.124 e. The summed E-state index contributed by atoms with van der Waals surface area (Å²) in [6.45, 7) is 7.66. The summed E-state index contributed by atoms with van der Waals surface area (Å²) in [6.07, 6.45) is 3.04. The van der Waals surface area contributed by atoms with Crippen LogP contribution in [0.1, 0.15) is 18.2 Å². The molecule has 0 spiro atoms. The first-order valence-corrected chi connectivity index (χ1v) is 9.60. The molecule has 1 fully saturated rings. The zero-order valence-corrected chi connectivity index (χ0v) is 14.6. The third-order valence-electron chi connectivity index (χ3n) is 4.31. The van der Waals surface area contributed by atoms with E-state index >= 15 is 0 Å². The molecule has 22 heavy (non-hydrogen) atoms. The first kappa shape index (κ1) is 16.1. The van der Waals surface area contributed by atoms with E-state index in [2.05, 4.69) is 38.5 Å². The van der Waals surface area contributed by atoms with Crippen molar-refractivity contribution in [1.82, 2.24) is 14.8 Å². The Morgan fingerprint density at radius 3 is 2.77 bits per heavy atom. The Bertz CT molecular complexity index is 558. The van der Waals surface area contributed by atoms with Gasteiger partial charge in [-0.05, 0) is 17.9 Å². The number of piperazine rings is 1. The Balaban J connectivity index is 1.53. The van der Waals surface area contributed by atoms with E-state index < -0.39 is 0 Å². The fourth-order valence-corrected chi connectivity index (χ4v) is 4.58. The minimum absolute atomic E-state index is 0.273. The lowest BCUT2D eigenvalue weighted by atomic mass is 10.1. The van der Waals surface area contributed by atoms with Gasteiger partial charge in [0.15, 0.2) is 0 Å². The molecule has 1 aliphatic rings. The van der Waals surface area contributed by atoms with Crippen molar-refractivity contribution in [2.45, 2.75) is 25.9 Å². The second-order valence-electron chi connectivity index (χ2n) is 5.70. The van der Waals surface area contributed by atoms with Gasteiger partial charge < -0.3 is 5.11 Å². The van der Waals surface area contributed by atoms with Crippen molar-refractivity contribution >= 4 is 22.7 Å². The molecule has 4 nitrogen and oxygen atoms in total. The summed E-state index contributed by atoms with van der Waals surface area (Å²) in [5, 5.41) is 14.8. The summed E-state index contributed by atoms with van der Waals surface area (Å²) in [5.74, 6) is 0. The summed E-state index contributed by atoms with van der Waals surface area (Å²) >= 11 is 3.52. The van der Waals surface area contributed by atoms with Crippen molar-refractivity contribution in [1.29, 1.82) is 0 Å². The number of aromatic nitrogens is 1. The predicted octanol–water partition coefficient (Wildman–Crippen LogP) is 2.76. The number of thiophene rings is 1. The Morgan fingerprint density at radius 1 is 1.32 bits per heavy atom. The minimum Gasteiger partial charge on any atom is -0.395 e. The fraction of sp³-hybridized carbons (Fsp3) is 0.562. The molecule has 0 aliphatic carbocycles. The van der Waals surface area contributed by atoms with Crippen LogP contribution in [0.5, 0.6) is 0 Å². The van der Waals surface area contributed by atoms with Gasteiger partial charge in [0.05, 0.1) is 6.61 Å². The predicted molar refractivity (Wildman–Crippen MR) is 93.4 cm³/mol. The number of hydrogen-bond acceptors (Lipinski definition) is 6. The zero-order valence-electron chi connectivity index (χ0n) is 12.9. The monoisotopic (exact) mass is 337 g/mol. The van der Waals surface area contributed by atoms with Crippen LogP contribution >= 0.6 is 22.7 Å². The number of aliphatic hydroxyl groups is 1. The Kier molecular flexibility index (Phi) is 5.60. The van der Waals surface area contributed by atoms with E-state index in [0.29, 0.717) is 6.04 Å². The maximum Gasteiger partial charge on any atom is 0.124 e. The van der Waals surface area contributed by atoms with Gasteiger partial charge in [0, 0.05) is 60.8 Å². The molecule has 2 aromatic heterocycles. The molecule has 1 saturated heterocycles. The molecule has 120 valence electrons. The molecule has 1 unspecified atom stereocenters. The topological polar surface area (TPSA) is 39.6 Å². The number of hydrogen-bond donors (Lipinski definition) is 1. The van der Waals surface area contributed by atoms with E-state index in [1.54, 1.807) is 22.7 Å². The van der Waals surface area contributed by atoms with Crippen molar-refractivity contribution in [2.75, 3.05) is 32.8 Å².